The van der Waals surface area contributed by atoms with Crippen LogP contribution in [0.1, 0.15) is 18.9 Å². The number of benzene rings is 2. The van der Waals surface area contributed by atoms with Crippen molar-refractivity contribution in [2.24, 2.45) is 0 Å². The first kappa shape index (κ1) is 15.0. The highest BCUT2D eigenvalue weighted by molar-refractivity contribution is 5.95. The average molecular weight is 323 g/mol. The lowest BCUT2D eigenvalue weighted by molar-refractivity contribution is 0.205. The number of carbonyl (C=O) groups is 1. The van der Waals surface area contributed by atoms with Crippen LogP contribution in [0.5, 0.6) is 0 Å². The molecule has 1 unspecified atom stereocenters. The topological polar surface area (TPSA) is 55.8 Å². The van der Waals surface area contributed by atoms with Gasteiger partial charge in [0.25, 0.3) is 0 Å². The molecule has 5 nitrogen and oxygen atoms in total. The number of likely N-dealkylation sites (N-methyl/N-ethyl adjacent to an activating group) is 1. The first-order valence-corrected chi connectivity index (χ1v) is 8.20. The smallest absolute Gasteiger partial charge is 0.416 e. The van der Waals surface area contributed by atoms with Crippen LogP contribution in [0, 0.1) is 0 Å². The first-order chi connectivity index (χ1) is 11.5. The second-order valence-corrected chi connectivity index (χ2v) is 6.88. The van der Waals surface area contributed by atoms with E-state index in [0.29, 0.717) is 11.4 Å². The lowest BCUT2D eigenvalue weighted by Gasteiger charge is -2.27. The van der Waals surface area contributed by atoms with Gasteiger partial charge in [0.15, 0.2) is 0 Å². The molecule has 1 saturated heterocycles. The third kappa shape index (κ3) is 2.08. The fourth-order valence-electron chi connectivity index (χ4n) is 4.08. The van der Waals surface area contributed by atoms with Gasteiger partial charge >= 0.3 is 6.09 Å². The van der Waals surface area contributed by atoms with Gasteiger partial charge in [0.05, 0.1) is 17.5 Å². The third-order valence-electron chi connectivity index (χ3n) is 5.40. The van der Waals surface area contributed by atoms with Crippen LogP contribution in [0.25, 0.3) is 0 Å². The van der Waals surface area contributed by atoms with Crippen LogP contribution >= 0.6 is 0 Å². The van der Waals surface area contributed by atoms with Crippen molar-refractivity contribution in [1.82, 2.24) is 4.90 Å². The zero-order valence-electron chi connectivity index (χ0n) is 13.9. The molecule has 0 aliphatic carbocycles. The zero-order chi connectivity index (χ0) is 16.9. The Balaban J connectivity index is 1.79. The molecule has 0 radical (unpaired) electrons. The summed E-state index contributed by atoms with van der Waals surface area (Å²) in [5.41, 5.74) is 3.67. The predicted molar refractivity (Wildman–Crippen MR) is 95.1 cm³/mol. The molecular formula is C19H21N3O2. The highest BCUT2D eigenvalue weighted by Crippen LogP contribution is 2.49. The molecule has 2 atom stereocenters. The van der Waals surface area contributed by atoms with Gasteiger partial charge in [-0.3, -0.25) is 4.90 Å². The van der Waals surface area contributed by atoms with Crippen molar-refractivity contribution in [1.29, 1.82) is 0 Å². The molecule has 2 aliphatic heterocycles. The SMILES string of the molecule is CN1CC[C@]2(C)c3cc(N(C(=O)O)c4ccccc4)ccc3NC12. The molecule has 0 saturated carbocycles. The molecule has 2 aromatic carbocycles. The Labute approximate surface area is 141 Å². The van der Waals surface area contributed by atoms with Gasteiger partial charge in [-0.05, 0) is 49.4 Å². The maximum Gasteiger partial charge on any atom is 0.416 e. The van der Waals surface area contributed by atoms with Gasteiger partial charge in [0.1, 0.15) is 0 Å². The molecular weight excluding hydrogens is 302 g/mol. The van der Waals surface area contributed by atoms with Crippen LogP contribution in [0.3, 0.4) is 0 Å². The summed E-state index contributed by atoms with van der Waals surface area (Å²) in [6.45, 7) is 3.30. The largest absolute Gasteiger partial charge is 0.464 e. The quantitative estimate of drug-likeness (QED) is 0.881. The Hall–Kier alpha value is -2.53. The van der Waals surface area contributed by atoms with Crippen LogP contribution in [0.2, 0.25) is 0 Å². The monoisotopic (exact) mass is 323 g/mol. The van der Waals surface area contributed by atoms with Crippen LogP contribution < -0.4 is 10.2 Å². The van der Waals surface area contributed by atoms with Gasteiger partial charge in [-0.2, -0.15) is 0 Å². The molecule has 1 amide bonds. The maximum atomic E-state index is 11.9. The van der Waals surface area contributed by atoms with Gasteiger partial charge in [0.2, 0.25) is 0 Å². The van der Waals surface area contributed by atoms with Crippen LogP contribution in [0.15, 0.2) is 48.5 Å². The van der Waals surface area contributed by atoms with Crippen molar-refractivity contribution in [2.45, 2.75) is 24.9 Å². The number of nitrogens with one attached hydrogen (secondary N) is 1. The number of nitrogens with zero attached hydrogens (tertiary/aromatic N) is 2. The van der Waals surface area contributed by atoms with Crippen LogP contribution in [-0.4, -0.2) is 35.9 Å². The molecule has 0 spiro atoms. The number of para-hydroxylation sites is 1. The minimum atomic E-state index is -0.975. The Bertz CT molecular complexity index is 792. The van der Waals surface area contributed by atoms with Crippen LogP contribution in [-0.2, 0) is 5.41 Å². The summed E-state index contributed by atoms with van der Waals surface area (Å²) in [5, 5.41) is 13.3. The number of amides is 1. The van der Waals surface area contributed by atoms with Crippen molar-refractivity contribution in [3.05, 3.63) is 54.1 Å². The Morgan fingerprint density at radius 2 is 2.00 bits per heavy atom. The number of rotatable bonds is 2. The molecule has 2 aliphatic rings. The van der Waals surface area contributed by atoms with E-state index in [9.17, 15) is 9.90 Å². The highest BCUT2D eigenvalue weighted by atomic mass is 16.4. The van der Waals surface area contributed by atoms with Gasteiger partial charge in [-0.15, -0.1) is 0 Å². The fraction of sp³-hybridized carbons (Fsp3) is 0.316. The number of hydrogen-bond acceptors (Lipinski definition) is 3. The highest BCUT2D eigenvalue weighted by Gasteiger charge is 2.49. The second-order valence-electron chi connectivity index (χ2n) is 6.88. The standard InChI is InChI=1S/C19H21N3O2/c1-19-10-11-21(2)17(19)20-16-9-8-14(12-15(16)19)22(18(23)24)13-6-4-3-5-7-13/h3-9,12,17,20H,10-11H2,1-2H3,(H,23,24)/t17?,19-/m1/s1. The van der Waals surface area contributed by atoms with E-state index in [2.05, 4.69) is 24.2 Å². The Morgan fingerprint density at radius 1 is 1.25 bits per heavy atom. The molecule has 5 heteroatoms. The minimum Gasteiger partial charge on any atom is -0.464 e. The van der Waals surface area contributed by atoms with Crippen molar-refractivity contribution in [3.63, 3.8) is 0 Å². The molecule has 2 heterocycles. The molecule has 24 heavy (non-hydrogen) atoms. The summed E-state index contributed by atoms with van der Waals surface area (Å²) < 4.78 is 0. The van der Waals surface area contributed by atoms with E-state index in [-0.39, 0.29) is 11.6 Å². The summed E-state index contributed by atoms with van der Waals surface area (Å²) in [5.74, 6) is 0. The Kier molecular flexibility index (Phi) is 3.28. The molecule has 0 bridgehead atoms. The number of carboxylic acid groups (broad SMARTS) is 1. The molecule has 124 valence electrons. The van der Waals surface area contributed by atoms with E-state index in [4.69, 9.17) is 0 Å². The van der Waals surface area contributed by atoms with Crippen molar-refractivity contribution < 1.29 is 9.90 Å². The van der Waals surface area contributed by atoms with E-state index in [0.717, 1.165) is 18.7 Å². The molecule has 2 aromatic rings. The number of anilines is 3. The van der Waals surface area contributed by atoms with E-state index < -0.39 is 6.09 Å². The van der Waals surface area contributed by atoms with Crippen LogP contribution in [0.4, 0.5) is 21.9 Å². The average Bonchev–Trinajstić information content (AvgIpc) is 3.02. The lowest BCUT2D eigenvalue weighted by Crippen LogP contribution is -2.39. The summed E-state index contributed by atoms with van der Waals surface area (Å²) >= 11 is 0. The van der Waals surface area contributed by atoms with Crippen molar-refractivity contribution >= 4 is 23.2 Å². The van der Waals surface area contributed by atoms with Gasteiger partial charge in [-0.25, -0.2) is 9.69 Å². The summed E-state index contributed by atoms with van der Waals surface area (Å²) in [6.07, 6.45) is 0.367. The third-order valence-corrected chi connectivity index (χ3v) is 5.40. The second kappa shape index (κ2) is 5.24. The summed E-state index contributed by atoms with van der Waals surface area (Å²) in [4.78, 5) is 15.5. The van der Waals surface area contributed by atoms with Crippen molar-refractivity contribution in [3.8, 4) is 0 Å². The van der Waals surface area contributed by atoms with E-state index >= 15 is 0 Å². The Morgan fingerprint density at radius 3 is 2.71 bits per heavy atom. The van der Waals surface area contributed by atoms with E-state index in [1.54, 1.807) is 0 Å². The maximum absolute atomic E-state index is 11.9. The first-order valence-electron chi connectivity index (χ1n) is 8.20. The fourth-order valence-corrected chi connectivity index (χ4v) is 4.08. The van der Waals surface area contributed by atoms with Crippen molar-refractivity contribution in [2.75, 3.05) is 23.8 Å². The van der Waals surface area contributed by atoms with Gasteiger partial charge in [-0.1, -0.05) is 25.1 Å². The number of fused-ring (bicyclic) bond motifs is 3. The number of likely N-dealkylation sites (tertiary alicyclic amines) is 1. The molecule has 4 rings (SSSR count). The number of hydrogen-bond donors (Lipinski definition) is 2. The predicted octanol–water partition coefficient (Wildman–Crippen LogP) is 3.85. The van der Waals surface area contributed by atoms with Gasteiger partial charge < -0.3 is 10.4 Å². The molecule has 0 aromatic heterocycles. The zero-order valence-corrected chi connectivity index (χ0v) is 13.9. The summed E-state index contributed by atoms with van der Waals surface area (Å²) in [6, 6.07) is 15.1. The minimum absolute atomic E-state index is 0.0148. The molecule has 2 N–H and O–H groups in total. The lowest BCUT2D eigenvalue weighted by atomic mass is 9.81. The normalized spacial score (nSPS) is 25.0. The summed E-state index contributed by atoms with van der Waals surface area (Å²) in [7, 11) is 2.13. The van der Waals surface area contributed by atoms with E-state index in [1.165, 1.54) is 10.5 Å². The molecule has 1 fully saturated rings. The van der Waals surface area contributed by atoms with Gasteiger partial charge in [0, 0.05) is 17.6 Å². The van der Waals surface area contributed by atoms with E-state index in [1.807, 2.05) is 48.5 Å².